The van der Waals surface area contributed by atoms with Gasteiger partial charge in [-0.25, -0.2) is 14.6 Å². The Kier molecular flexibility index (Phi) is 2.92. The van der Waals surface area contributed by atoms with Crippen LogP contribution in [-0.2, 0) is 4.74 Å². The van der Waals surface area contributed by atoms with Gasteiger partial charge in [-0.3, -0.25) is 5.32 Å². The minimum Gasteiger partial charge on any atom is -0.478 e. The summed E-state index contributed by atoms with van der Waals surface area (Å²) in [7, 11) is 1.26. The maximum Gasteiger partial charge on any atom is 0.413 e. The summed E-state index contributed by atoms with van der Waals surface area (Å²) < 4.78 is 5.13. The number of nitrogens with zero attached hydrogens (tertiary/aromatic N) is 1. The van der Waals surface area contributed by atoms with Crippen molar-refractivity contribution in [1.82, 2.24) is 4.98 Å². The molecule has 0 bridgehead atoms. The van der Waals surface area contributed by atoms with Crippen LogP contribution in [0.5, 0.6) is 0 Å². The van der Waals surface area contributed by atoms with Gasteiger partial charge in [-0.15, -0.1) is 0 Å². The average Bonchev–Trinajstić information content (AvgIpc) is 2.69. The van der Waals surface area contributed by atoms with Crippen molar-refractivity contribution in [3.8, 4) is 0 Å². The lowest BCUT2D eigenvalue weighted by atomic mass is 10.2. The summed E-state index contributed by atoms with van der Waals surface area (Å²) in [5, 5.41) is 11.6. The van der Waals surface area contributed by atoms with Crippen LogP contribution < -0.4 is 5.32 Å². The van der Waals surface area contributed by atoms with Gasteiger partial charge in [-0.05, 0) is 18.2 Å². The molecule has 0 fully saturated rings. The second-order valence-corrected chi connectivity index (χ2v) is 4.15. The molecule has 2 aromatic rings. The number of ether oxygens (including phenoxy) is 1. The molecule has 88 valence electrons. The molecule has 17 heavy (non-hydrogen) atoms. The Morgan fingerprint density at radius 1 is 1.47 bits per heavy atom. The van der Waals surface area contributed by atoms with E-state index in [4.69, 9.17) is 5.11 Å². The highest BCUT2D eigenvalue weighted by Crippen LogP contribution is 2.26. The van der Waals surface area contributed by atoms with Crippen molar-refractivity contribution in [2.75, 3.05) is 12.4 Å². The SMILES string of the molecule is COC(=O)Nc1nc2ccc(C(=O)O)cc2s1. The Bertz CT molecular complexity index is 593. The molecular formula is C10H8N2O4S. The summed E-state index contributed by atoms with van der Waals surface area (Å²) >= 11 is 1.19. The predicted octanol–water partition coefficient (Wildman–Crippen LogP) is 2.17. The van der Waals surface area contributed by atoms with Crippen LogP contribution in [-0.4, -0.2) is 29.3 Å². The molecule has 1 amide bonds. The number of carbonyl (C=O) groups is 2. The zero-order valence-corrected chi connectivity index (χ0v) is 9.58. The van der Waals surface area contributed by atoms with Gasteiger partial charge in [-0.2, -0.15) is 0 Å². The van der Waals surface area contributed by atoms with E-state index in [2.05, 4.69) is 15.0 Å². The van der Waals surface area contributed by atoms with Crippen LogP contribution in [0.3, 0.4) is 0 Å². The molecule has 2 N–H and O–H groups in total. The average molecular weight is 252 g/mol. The summed E-state index contributed by atoms with van der Waals surface area (Å²) in [6.45, 7) is 0. The first kappa shape index (κ1) is 11.3. The molecule has 0 saturated carbocycles. The van der Waals surface area contributed by atoms with E-state index in [9.17, 15) is 9.59 Å². The summed E-state index contributed by atoms with van der Waals surface area (Å²) in [4.78, 5) is 25.9. The van der Waals surface area contributed by atoms with Gasteiger partial charge in [0.1, 0.15) is 0 Å². The van der Waals surface area contributed by atoms with E-state index in [0.717, 1.165) is 0 Å². The molecule has 6 nitrogen and oxygen atoms in total. The van der Waals surface area contributed by atoms with Crippen molar-refractivity contribution >= 4 is 38.7 Å². The van der Waals surface area contributed by atoms with Gasteiger partial charge in [-0.1, -0.05) is 11.3 Å². The minimum atomic E-state index is -0.997. The molecule has 0 aliphatic carbocycles. The molecule has 0 radical (unpaired) electrons. The quantitative estimate of drug-likeness (QED) is 0.855. The van der Waals surface area contributed by atoms with Gasteiger partial charge >= 0.3 is 12.1 Å². The zero-order chi connectivity index (χ0) is 12.4. The summed E-state index contributed by atoms with van der Waals surface area (Å²) in [6.07, 6.45) is -0.609. The third-order valence-electron chi connectivity index (χ3n) is 2.03. The van der Waals surface area contributed by atoms with Crippen molar-refractivity contribution in [2.45, 2.75) is 0 Å². The van der Waals surface area contributed by atoms with E-state index < -0.39 is 12.1 Å². The molecule has 0 aliphatic heterocycles. The molecule has 0 atom stereocenters. The van der Waals surface area contributed by atoms with Gasteiger partial charge in [0.25, 0.3) is 0 Å². The van der Waals surface area contributed by atoms with E-state index in [0.29, 0.717) is 15.3 Å². The van der Waals surface area contributed by atoms with Gasteiger partial charge in [0.05, 0.1) is 22.9 Å². The molecule has 0 spiro atoms. The predicted molar refractivity (Wildman–Crippen MR) is 62.6 cm³/mol. The number of thiazole rings is 1. The van der Waals surface area contributed by atoms with Crippen molar-refractivity contribution in [1.29, 1.82) is 0 Å². The smallest absolute Gasteiger partial charge is 0.413 e. The number of benzene rings is 1. The highest BCUT2D eigenvalue weighted by atomic mass is 32.1. The second-order valence-electron chi connectivity index (χ2n) is 3.12. The lowest BCUT2D eigenvalue weighted by Crippen LogP contribution is -2.10. The molecule has 0 saturated heterocycles. The van der Waals surface area contributed by atoms with Crippen molar-refractivity contribution in [3.05, 3.63) is 23.8 Å². The fourth-order valence-electron chi connectivity index (χ4n) is 1.25. The first-order chi connectivity index (χ1) is 8.10. The number of hydrogen-bond donors (Lipinski definition) is 2. The Labute approximate surface area is 99.8 Å². The summed E-state index contributed by atoms with van der Waals surface area (Å²) in [5.41, 5.74) is 0.817. The van der Waals surface area contributed by atoms with Crippen LogP contribution in [0.15, 0.2) is 18.2 Å². The van der Waals surface area contributed by atoms with Crippen LogP contribution in [0.2, 0.25) is 0 Å². The number of nitrogens with one attached hydrogen (secondary N) is 1. The largest absolute Gasteiger partial charge is 0.478 e. The number of carboxylic acids is 1. The van der Waals surface area contributed by atoms with Crippen LogP contribution in [0, 0.1) is 0 Å². The van der Waals surface area contributed by atoms with Crippen molar-refractivity contribution in [2.24, 2.45) is 0 Å². The van der Waals surface area contributed by atoms with E-state index >= 15 is 0 Å². The number of aromatic nitrogens is 1. The zero-order valence-electron chi connectivity index (χ0n) is 8.76. The standard InChI is InChI=1S/C10H8N2O4S/c1-16-10(15)12-9-11-6-3-2-5(8(13)14)4-7(6)17-9/h2-4H,1H3,(H,13,14)(H,11,12,15). The first-order valence-electron chi connectivity index (χ1n) is 4.59. The highest BCUT2D eigenvalue weighted by molar-refractivity contribution is 7.22. The van der Waals surface area contributed by atoms with Gasteiger partial charge < -0.3 is 9.84 Å². The minimum absolute atomic E-state index is 0.186. The fraction of sp³-hybridized carbons (Fsp3) is 0.100. The molecular weight excluding hydrogens is 244 g/mol. The van der Waals surface area contributed by atoms with Gasteiger partial charge in [0.2, 0.25) is 0 Å². The first-order valence-corrected chi connectivity index (χ1v) is 5.40. The van der Waals surface area contributed by atoms with E-state index in [-0.39, 0.29) is 5.56 Å². The van der Waals surface area contributed by atoms with Gasteiger partial charge in [0, 0.05) is 0 Å². The topological polar surface area (TPSA) is 88.5 Å². The van der Waals surface area contributed by atoms with E-state index in [1.807, 2.05) is 0 Å². The Hall–Kier alpha value is -2.15. The normalized spacial score (nSPS) is 10.2. The molecule has 1 aromatic carbocycles. The van der Waals surface area contributed by atoms with Crippen LogP contribution >= 0.6 is 11.3 Å². The van der Waals surface area contributed by atoms with E-state index in [1.165, 1.54) is 30.6 Å². The third kappa shape index (κ3) is 2.34. The number of carboxylic acid groups (broad SMARTS) is 1. The lowest BCUT2D eigenvalue weighted by Gasteiger charge is -1.96. The van der Waals surface area contributed by atoms with E-state index in [1.54, 1.807) is 6.07 Å². The molecule has 0 aliphatic rings. The monoisotopic (exact) mass is 252 g/mol. The number of fused-ring (bicyclic) bond motifs is 1. The second kappa shape index (κ2) is 4.38. The number of amides is 1. The number of aromatic carboxylic acids is 1. The molecule has 1 heterocycles. The summed E-state index contributed by atoms with van der Waals surface area (Å²) in [5.74, 6) is -0.997. The van der Waals surface area contributed by atoms with Crippen molar-refractivity contribution < 1.29 is 19.4 Å². The maximum absolute atomic E-state index is 11.0. The molecule has 7 heteroatoms. The van der Waals surface area contributed by atoms with Crippen LogP contribution in [0.4, 0.5) is 9.93 Å². The molecule has 0 unspecified atom stereocenters. The number of anilines is 1. The Morgan fingerprint density at radius 2 is 2.24 bits per heavy atom. The maximum atomic E-state index is 11.0. The van der Waals surface area contributed by atoms with Crippen LogP contribution in [0.1, 0.15) is 10.4 Å². The number of rotatable bonds is 2. The Morgan fingerprint density at radius 3 is 2.88 bits per heavy atom. The van der Waals surface area contributed by atoms with Gasteiger partial charge in [0.15, 0.2) is 5.13 Å². The number of hydrogen-bond acceptors (Lipinski definition) is 5. The number of carbonyl (C=O) groups excluding carboxylic acids is 1. The number of methoxy groups -OCH3 is 1. The van der Waals surface area contributed by atoms with Crippen LogP contribution in [0.25, 0.3) is 10.2 Å². The fourth-order valence-corrected chi connectivity index (χ4v) is 2.14. The third-order valence-corrected chi connectivity index (χ3v) is 2.96. The van der Waals surface area contributed by atoms with Crippen molar-refractivity contribution in [3.63, 3.8) is 0 Å². The molecule has 1 aromatic heterocycles. The molecule has 2 rings (SSSR count). The highest BCUT2D eigenvalue weighted by Gasteiger charge is 2.10. The Balaban J connectivity index is 2.37. The summed E-state index contributed by atoms with van der Waals surface area (Å²) in [6, 6.07) is 4.57. The lowest BCUT2D eigenvalue weighted by molar-refractivity contribution is 0.0697.